The number of methoxy groups -OCH3 is 3. The molecule has 0 radical (unpaired) electrons. The van der Waals surface area contributed by atoms with Crippen LogP contribution in [0.15, 0.2) is 24.2 Å². The Morgan fingerprint density at radius 1 is 1.02 bits per heavy atom. The summed E-state index contributed by atoms with van der Waals surface area (Å²) in [5.74, 6) is -1.95. The Labute approximate surface area is 295 Å². The van der Waals surface area contributed by atoms with Crippen molar-refractivity contribution in [3.8, 4) is 0 Å². The van der Waals surface area contributed by atoms with Crippen LogP contribution in [0.2, 0.25) is 0 Å². The number of rotatable bonds is 17. The van der Waals surface area contributed by atoms with Gasteiger partial charge in [-0.15, -0.1) is 0 Å². The molecule has 11 nitrogen and oxygen atoms in total. The molecule has 2 saturated heterocycles. The van der Waals surface area contributed by atoms with Crippen molar-refractivity contribution in [2.45, 2.75) is 143 Å². The zero-order chi connectivity index (χ0) is 36.8. The summed E-state index contributed by atoms with van der Waals surface area (Å²) in [6.45, 7) is 21.7. The Balaban J connectivity index is 1.90. The van der Waals surface area contributed by atoms with Crippen molar-refractivity contribution in [1.82, 2.24) is 4.90 Å². The lowest BCUT2D eigenvalue weighted by Crippen LogP contribution is -2.61. The number of allylic oxidation sites excluding steroid dienone is 1. The first kappa shape index (κ1) is 41.6. The third-order valence-electron chi connectivity index (χ3n) is 11.4. The van der Waals surface area contributed by atoms with Gasteiger partial charge in [-0.2, -0.15) is 0 Å². The summed E-state index contributed by atoms with van der Waals surface area (Å²) in [6.07, 6.45) is 0.476. The molecule has 0 aromatic rings. The molecule has 14 atom stereocenters. The highest BCUT2D eigenvalue weighted by Crippen LogP contribution is 2.44. The molecular formula is C38H65NO10. The van der Waals surface area contributed by atoms with Gasteiger partial charge in [0.05, 0.1) is 30.6 Å². The minimum Gasteiger partial charge on any atom is -0.493 e. The van der Waals surface area contributed by atoms with E-state index in [1.807, 2.05) is 39.0 Å². The fourth-order valence-corrected chi connectivity index (χ4v) is 7.89. The molecule has 3 aliphatic heterocycles. The second kappa shape index (κ2) is 18.1. The first-order valence-electron chi connectivity index (χ1n) is 18.1. The van der Waals surface area contributed by atoms with E-state index in [0.29, 0.717) is 19.3 Å². The number of hydrogen-bond acceptors (Lipinski definition) is 11. The molecule has 3 heterocycles. The van der Waals surface area contributed by atoms with Gasteiger partial charge in [-0.3, -0.25) is 4.79 Å². The molecule has 0 aliphatic carbocycles. The van der Waals surface area contributed by atoms with Gasteiger partial charge in [-0.25, -0.2) is 0 Å². The zero-order valence-electron chi connectivity index (χ0n) is 32.4. The summed E-state index contributed by atoms with van der Waals surface area (Å²) in [5, 5.41) is 0. The Morgan fingerprint density at radius 2 is 1.69 bits per heavy atom. The first-order valence-corrected chi connectivity index (χ1v) is 18.1. The average molecular weight is 696 g/mol. The molecule has 11 heteroatoms. The Morgan fingerprint density at radius 3 is 2.20 bits per heavy atom. The maximum absolute atomic E-state index is 13.5. The van der Waals surface area contributed by atoms with E-state index in [1.54, 1.807) is 28.3 Å². The van der Waals surface area contributed by atoms with Crippen LogP contribution in [-0.2, 0) is 47.5 Å². The van der Waals surface area contributed by atoms with Gasteiger partial charge in [0.25, 0.3) is 0 Å². The van der Waals surface area contributed by atoms with Crippen molar-refractivity contribution in [1.29, 1.82) is 0 Å². The number of nitrogens with zero attached hydrogens (tertiary/aromatic N) is 1. The SMILES string of the molecule is C=C(C)N(C)C1=COC(CC)C(OC2OC(COC3(C(C)=O)CC(C)C(CC(C)=O)C(C(OC)C(CC)OC)O3)C(C)C(C)C2OC)C1C. The molecular weight excluding hydrogens is 630 g/mol. The fraction of sp³-hybridized carbons (Fsp3) is 0.842. The number of ketones is 2. The van der Waals surface area contributed by atoms with Gasteiger partial charge in [-0.05, 0) is 50.4 Å². The lowest BCUT2D eigenvalue weighted by atomic mass is 9.75. The molecule has 3 rings (SSSR count). The summed E-state index contributed by atoms with van der Waals surface area (Å²) < 4.78 is 50.8. The van der Waals surface area contributed by atoms with Crippen LogP contribution >= 0.6 is 0 Å². The van der Waals surface area contributed by atoms with Crippen molar-refractivity contribution >= 4 is 11.6 Å². The third-order valence-corrected chi connectivity index (χ3v) is 11.4. The van der Waals surface area contributed by atoms with Crippen LogP contribution in [0.5, 0.6) is 0 Å². The van der Waals surface area contributed by atoms with Crippen molar-refractivity contribution in [3.63, 3.8) is 0 Å². The third kappa shape index (κ3) is 9.15. The molecule has 0 amide bonds. The van der Waals surface area contributed by atoms with Crippen molar-refractivity contribution in [2.24, 2.45) is 29.6 Å². The van der Waals surface area contributed by atoms with Crippen molar-refractivity contribution in [3.05, 3.63) is 24.2 Å². The number of carbonyl (C=O) groups excluding carboxylic acids is 2. The van der Waals surface area contributed by atoms with Crippen molar-refractivity contribution < 1.29 is 47.5 Å². The molecule has 0 spiro atoms. The van der Waals surface area contributed by atoms with E-state index in [0.717, 1.165) is 17.8 Å². The summed E-state index contributed by atoms with van der Waals surface area (Å²) in [6, 6.07) is 0. The maximum atomic E-state index is 13.5. The van der Waals surface area contributed by atoms with Crippen LogP contribution in [-0.4, -0.2) is 106 Å². The number of carbonyl (C=O) groups is 2. The standard InChI is InChI=1S/C38H65NO10/c1-15-30(42-12)36(44-14)35-28(17-23(6)40)22(5)18-38(49-35,27(10)41)46-20-32-24(7)25(8)34(43-13)37(47-32)48-33-26(9)29(39(11)21(3)4)19-45-31(33)16-2/h19,22,24-26,28,30-37H,3,15-18,20H2,1-2,4-14H3. The lowest BCUT2D eigenvalue weighted by Gasteiger charge is -2.50. The van der Waals surface area contributed by atoms with Gasteiger partial charge >= 0.3 is 0 Å². The van der Waals surface area contributed by atoms with E-state index in [4.69, 9.17) is 37.9 Å². The van der Waals surface area contributed by atoms with E-state index in [2.05, 4.69) is 34.3 Å². The monoisotopic (exact) mass is 695 g/mol. The minimum atomic E-state index is -1.55. The molecule has 49 heavy (non-hydrogen) atoms. The van der Waals surface area contributed by atoms with E-state index in [9.17, 15) is 9.59 Å². The summed E-state index contributed by atoms with van der Waals surface area (Å²) in [7, 11) is 6.90. The molecule has 282 valence electrons. The topological polar surface area (TPSA) is 111 Å². The molecule has 14 unspecified atom stereocenters. The highest BCUT2D eigenvalue weighted by Gasteiger charge is 2.54. The normalized spacial score (nSPS) is 37.8. The van der Waals surface area contributed by atoms with Gasteiger partial charge in [0.1, 0.15) is 36.5 Å². The smallest absolute Gasteiger partial charge is 0.229 e. The molecule has 0 N–H and O–H groups in total. The highest BCUT2D eigenvalue weighted by molar-refractivity contribution is 5.83. The second-order valence-corrected chi connectivity index (χ2v) is 14.6. The summed E-state index contributed by atoms with van der Waals surface area (Å²) in [4.78, 5) is 28.0. The van der Waals surface area contributed by atoms with E-state index < -0.39 is 30.4 Å². The largest absolute Gasteiger partial charge is 0.493 e. The second-order valence-electron chi connectivity index (χ2n) is 14.6. The summed E-state index contributed by atoms with van der Waals surface area (Å²) >= 11 is 0. The van der Waals surface area contributed by atoms with Crippen LogP contribution in [0.25, 0.3) is 0 Å². The molecule has 0 saturated carbocycles. The van der Waals surface area contributed by atoms with Crippen molar-refractivity contribution in [2.75, 3.05) is 35.0 Å². The van der Waals surface area contributed by atoms with E-state index >= 15 is 0 Å². The predicted octanol–water partition coefficient (Wildman–Crippen LogP) is 5.90. The van der Waals surface area contributed by atoms with Gasteiger partial charge in [-0.1, -0.05) is 48.1 Å². The Kier molecular flexibility index (Phi) is 15.3. The fourth-order valence-electron chi connectivity index (χ4n) is 7.89. The summed E-state index contributed by atoms with van der Waals surface area (Å²) in [5.41, 5.74) is 1.88. The van der Waals surface area contributed by atoms with Crippen LogP contribution < -0.4 is 0 Å². The van der Waals surface area contributed by atoms with Crippen LogP contribution in [0, 0.1) is 29.6 Å². The Bertz CT molecular complexity index is 1140. The van der Waals surface area contributed by atoms with Gasteiger partial charge in [0.15, 0.2) is 12.1 Å². The molecule has 3 aliphatic rings. The zero-order valence-corrected chi connectivity index (χ0v) is 32.4. The van der Waals surface area contributed by atoms with E-state index in [-0.39, 0.29) is 72.2 Å². The van der Waals surface area contributed by atoms with Crippen LogP contribution in [0.3, 0.4) is 0 Å². The van der Waals surface area contributed by atoms with Crippen LogP contribution in [0.4, 0.5) is 0 Å². The first-order chi connectivity index (χ1) is 23.1. The number of Topliss-reactive ketones (excluding diaryl/α,β-unsaturated/α-hetero) is 2. The molecule has 0 bridgehead atoms. The van der Waals surface area contributed by atoms with Crippen LogP contribution in [0.1, 0.15) is 88.0 Å². The van der Waals surface area contributed by atoms with E-state index in [1.165, 1.54) is 6.92 Å². The predicted molar refractivity (Wildman–Crippen MR) is 186 cm³/mol. The molecule has 2 fully saturated rings. The van der Waals surface area contributed by atoms with Gasteiger partial charge in [0, 0.05) is 59.8 Å². The lowest BCUT2D eigenvalue weighted by molar-refractivity contribution is -0.335. The van der Waals surface area contributed by atoms with Gasteiger partial charge in [0.2, 0.25) is 5.79 Å². The highest BCUT2D eigenvalue weighted by atomic mass is 16.7. The molecule has 0 aromatic heterocycles. The Hall–Kier alpha value is -1.86. The maximum Gasteiger partial charge on any atom is 0.229 e. The number of ether oxygens (including phenoxy) is 8. The number of hydrogen-bond donors (Lipinski definition) is 0. The van der Waals surface area contributed by atoms with Gasteiger partial charge < -0.3 is 47.6 Å². The minimum absolute atomic E-state index is 0.00312. The quantitative estimate of drug-likeness (QED) is 0.181. The average Bonchev–Trinajstić information content (AvgIpc) is 3.05. The molecule has 0 aromatic carbocycles.